The molecule has 0 aliphatic carbocycles. The number of rotatable bonds is 4. The van der Waals surface area contributed by atoms with Crippen molar-refractivity contribution in [2.75, 3.05) is 0 Å². The van der Waals surface area contributed by atoms with E-state index in [0.717, 1.165) is 12.1 Å². The SMILES string of the molecule is O=C(C=Cc1ccc(O)c(Cl)c1)c1ccc(OC(F)(F)F)cc1. The predicted octanol–water partition coefficient (Wildman–Crippen LogP) is 4.84. The third-order valence-electron chi connectivity index (χ3n) is 2.77. The molecule has 7 heteroatoms. The van der Waals surface area contributed by atoms with Crippen molar-refractivity contribution in [3.8, 4) is 11.5 Å². The molecule has 23 heavy (non-hydrogen) atoms. The number of halogens is 4. The average molecular weight is 343 g/mol. The van der Waals surface area contributed by atoms with Crippen molar-refractivity contribution in [2.45, 2.75) is 6.36 Å². The Morgan fingerprint density at radius 2 is 1.78 bits per heavy atom. The van der Waals surface area contributed by atoms with Crippen molar-refractivity contribution in [3.63, 3.8) is 0 Å². The zero-order valence-corrected chi connectivity index (χ0v) is 12.2. The molecule has 0 fully saturated rings. The van der Waals surface area contributed by atoms with Crippen molar-refractivity contribution in [1.29, 1.82) is 0 Å². The molecule has 0 bridgehead atoms. The van der Waals surface area contributed by atoms with Crippen LogP contribution in [0.5, 0.6) is 11.5 Å². The third kappa shape index (κ3) is 5.03. The van der Waals surface area contributed by atoms with E-state index < -0.39 is 17.9 Å². The lowest BCUT2D eigenvalue weighted by molar-refractivity contribution is -0.274. The van der Waals surface area contributed by atoms with Crippen LogP contribution in [0, 0.1) is 0 Å². The van der Waals surface area contributed by atoms with Gasteiger partial charge in [0, 0.05) is 5.56 Å². The lowest BCUT2D eigenvalue weighted by atomic mass is 10.1. The number of hydrogen-bond acceptors (Lipinski definition) is 3. The Morgan fingerprint density at radius 1 is 1.13 bits per heavy atom. The topological polar surface area (TPSA) is 46.5 Å². The second-order valence-electron chi connectivity index (χ2n) is 4.48. The first-order valence-electron chi connectivity index (χ1n) is 6.31. The lowest BCUT2D eigenvalue weighted by Crippen LogP contribution is -2.17. The maximum absolute atomic E-state index is 12.0. The lowest BCUT2D eigenvalue weighted by Gasteiger charge is -2.08. The van der Waals surface area contributed by atoms with Crippen LogP contribution in [0.1, 0.15) is 15.9 Å². The molecular formula is C16H10ClF3O3. The number of phenols is 1. The van der Waals surface area contributed by atoms with E-state index in [0.29, 0.717) is 5.56 Å². The highest BCUT2D eigenvalue weighted by Crippen LogP contribution is 2.25. The van der Waals surface area contributed by atoms with Crippen LogP contribution in [0.4, 0.5) is 13.2 Å². The highest BCUT2D eigenvalue weighted by atomic mass is 35.5. The van der Waals surface area contributed by atoms with Gasteiger partial charge in [0.15, 0.2) is 5.78 Å². The zero-order valence-electron chi connectivity index (χ0n) is 11.5. The number of carbonyl (C=O) groups is 1. The molecule has 0 aliphatic rings. The Bertz CT molecular complexity index is 737. The molecule has 0 aliphatic heterocycles. The quantitative estimate of drug-likeness (QED) is 0.639. The zero-order chi connectivity index (χ0) is 17.0. The first-order chi connectivity index (χ1) is 10.7. The third-order valence-corrected chi connectivity index (χ3v) is 3.07. The van der Waals surface area contributed by atoms with Crippen molar-refractivity contribution in [3.05, 3.63) is 64.7 Å². The fourth-order valence-corrected chi connectivity index (χ4v) is 1.90. The number of carbonyl (C=O) groups excluding carboxylic acids is 1. The Kier molecular flexibility index (Phi) is 4.95. The maximum Gasteiger partial charge on any atom is 0.573 e. The van der Waals surface area contributed by atoms with E-state index in [1.165, 1.54) is 36.4 Å². The number of alkyl halides is 3. The minimum absolute atomic E-state index is 0.0737. The van der Waals surface area contributed by atoms with Crippen LogP contribution in [0.3, 0.4) is 0 Å². The highest BCUT2D eigenvalue weighted by Gasteiger charge is 2.30. The Hall–Kier alpha value is -2.47. The van der Waals surface area contributed by atoms with Gasteiger partial charge in [0.2, 0.25) is 0 Å². The van der Waals surface area contributed by atoms with Gasteiger partial charge < -0.3 is 9.84 Å². The smallest absolute Gasteiger partial charge is 0.506 e. The van der Waals surface area contributed by atoms with Crippen molar-refractivity contribution >= 4 is 23.5 Å². The fourth-order valence-electron chi connectivity index (χ4n) is 1.72. The van der Waals surface area contributed by atoms with Crippen LogP contribution < -0.4 is 4.74 Å². The summed E-state index contributed by atoms with van der Waals surface area (Å²) >= 11 is 5.74. The Labute approximate surface area is 134 Å². The second-order valence-corrected chi connectivity index (χ2v) is 4.89. The van der Waals surface area contributed by atoms with E-state index in [4.69, 9.17) is 11.6 Å². The Balaban J connectivity index is 2.08. The number of ether oxygens (including phenoxy) is 1. The molecule has 1 N–H and O–H groups in total. The van der Waals surface area contributed by atoms with E-state index >= 15 is 0 Å². The van der Waals surface area contributed by atoms with E-state index in [1.807, 2.05) is 0 Å². The first-order valence-corrected chi connectivity index (χ1v) is 6.69. The van der Waals surface area contributed by atoms with Gasteiger partial charge in [-0.25, -0.2) is 0 Å². The fraction of sp³-hybridized carbons (Fsp3) is 0.0625. The van der Waals surface area contributed by atoms with Crippen LogP contribution in [-0.2, 0) is 0 Å². The minimum atomic E-state index is -4.77. The summed E-state index contributed by atoms with van der Waals surface area (Å²) in [6.45, 7) is 0. The molecule has 0 unspecified atom stereocenters. The van der Waals surface area contributed by atoms with Gasteiger partial charge in [-0.3, -0.25) is 4.79 Å². The van der Waals surface area contributed by atoms with Gasteiger partial charge >= 0.3 is 6.36 Å². The predicted molar refractivity (Wildman–Crippen MR) is 79.6 cm³/mol. The standard InChI is InChI=1S/C16H10ClF3O3/c17-13-9-10(2-8-15(13)22)1-7-14(21)11-3-5-12(6-4-11)23-16(18,19)20/h1-9,22H. The minimum Gasteiger partial charge on any atom is -0.506 e. The number of allylic oxidation sites excluding steroid dienone is 1. The van der Waals surface area contributed by atoms with Gasteiger partial charge in [0.25, 0.3) is 0 Å². The second kappa shape index (κ2) is 6.75. The summed E-state index contributed by atoms with van der Waals surface area (Å²) in [5.74, 6) is -0.869. The summed E-state index contributed by atoms with van der Waals surface area (Å²) in [6.07, 6.45) is -2.04. The molecule has 0 amide bonds. The van der Waals surface area contributed by atoms with Crippen LogP contribution in [0.2, 0.25) is 5.02 Å². The van der Waals surface area contributed by atoms with Crippen LogP contribution >= 0.6 is 11.6 Å². The van der Waals surface area contributed by atoms with Gasteiger partial charge in [-0.05, 0) is 48.0 Å². The summed E-state index contributed by atoms with van der Waals surface area (Å²) < 4.78 is 39.8. The van der Waals surface area contributed by atoms with E-state index in [1.54, 1.807) is 6.07 Å². The normalized spacial score (nSPS) is 11.7. The van der Waals surface area contributed by atoms with Crippen LogP contribution in [0.15, 0.2) is 48.5 Å². The van der Waals surface area contributed by atoms with Crippen molar-refractivity contribution in [2.24, 2.45) is 0 Å². The van der Waals surface area contributed by atoms with Gasteiger partial charge in [0.1, 0.15) is 11.5 Å². The number of aromatic hydroxyl groups is 1. The maximum atomic E-state index is 12.0. The monoisotopic (exact) mass is 342 g/mol. The summed E-state index contributed by atoms with van der Waals surface area (Å²) in [7, 11) is 0. The van der Waals surface area contributed by atoms with E-state index in [2.05, 4.69) is 4.74 Å². The molecule has 3 nitrogen and oxygen atoms in total. The molecule has 0 atom stereocenters. The highest BCUT2D eigenvalue weighted by molar-refractivity contribution is 6.32. The summed E-state index contributed by atoms with van der Waals surface area (Å²) in [6, 6.07) is 9.01. The number of ketones is 1. The molecule has 2 aromatic rings. The number of hydrogen-bond donors (Lipinski definition) is 1. The molecule has 0 saturated heterocycles. The van der Waals surface area contributed by atoms with E-state index in [-0.39, 0.29) is 16.3 Å². The largest absolute Gasteiger partial charge is 0.573 e. The van der Waals surface area contributed by atoms with E-state index in [9.17, 15) is 23.1 Å². The van der Waals surface area contributed by atoms with Crippen molar-refractivity contribution < 1.29 is 27.8 Å². The molecule has 120 valence electrons. The molecule has 0 spiro atoms. The molecular weight excluding hydrogens is 333 g/mol. The Morgan fingerprint density at radius 3 is 2.35 bits per heavy atom. The molecule has 0 saturated carbocycles. The van der Waals surface area contributed by atoms with Gasteiger partial charge in [-0.15, -0.1) is 13.2 Å². The van der Waals surface area contributed by atoms with Crippen LogP contribution in [-0.4, -0.2) is 17.3 Å². The van der Waals surface area contributed by atoms with Gasteiger partial charge in [-0.1, -0.05) is 23.7 Å². The molecule has 0 radical (unpaired) electrons. The summed E-state index contributed by atoms with van der Waals surface area (Å²) in [5.41, 5.74) is 0.804. The number of benzene rings is 2. The molecule has 0 heterocycles. The van der Waals surface area contributed by atoms with Crippen LogP contribution in [0.25, 0.3) is 6.08 Å². The molecule has 2 aromatic carbocycles. The molecule has 0 aromatic heterocycles. The number of phenolic OH excluding ortho intramolecular Hbond substituents is 1. The average Bonchev–Trinajstić information content (AvgIpc) is 2.47. The summed E-state index contributed by atoms with van der Waals surface area (Å²) in [5, 5.41) is 9.44. The first kappa shape index (κ1) is 16.9. The van der Waals surface area contributed by atoms with Gasteiger partial charge in [0.05, 0.1) is 5.02 Å². The summed E-state index contributed by atoms with van der Waals surface area (Å²) in [4.78, 5) is 11.9. The van der Waals surface area contributed by atoms with Gasteiger partial charge in [-0.2, -0.15) is 0 Å². The molecule has 2 rings (SSSR count). The van der Waals surface area contributed by atoms with Crippen molar-refractivity contribution in [1.82, 2.24) is 0 Å².